The molecule has 0 bridgehead atoms. The Bertz CT molecular complexity index is 1270. The summed E-state index contributed by atoms with van der Waals surface area (Å²) in [5, 5.41) is 5.10. The average Bonchev–Trinajstić information content (AvgIpc) is 3.64. The lowest BCUT2D eigenvalue weighted by atomic mass is 9.91. The first-order valence-corrected chi connectivity index (χ1v) is 13.2. The number of aromatic nitrogens is 2. The van der Waals surface area contributed by atoms with E-state index in [1.807, 2.05) is 46.0 Å². The number of halogens is 1. The molecule has 7 heteroatoms. The molecular formula is C30H37FN4O2. The number of carbonyl (C=O) groups excluding carboxylic acids is 1. The largest absolute Gasteiger partial charge is 0.494 e. The number of para-hydroxylation sites is 2. The molecule has 2 aliphatic rings. The van der Waals surface area contributed by atoms with Gasteiger partial charge in [-0.25, -0.2) is 9.07 Å². The van der Waals surface area contributed by atoms with Gasteiger partial charge < -0.3 is 9.64 Å². The Morgan fingerprint density at radius 1 is 1.14 bits per heavy atom. The van der Waals surface area contributed by atoms with Crippen LogP contribution in [0.1, 0.15) is 62.5 Å². The van der Waals surface area contributed by atoms with Crippen LogP contribution < -0.4 is 4.74 Å². The molecule has 2 heterocycles. The standard InChI is InChI=1S/C30H37FN4O2/c1-30(2,3)17-29(36)34(22-13-14-22)20-25-23-19-33(18-21-9-5-6-10-24(21)31)16-15-26(23)35(32-25)27-11-7-8-12-28(27)37-4/h5-12,22H,13-20H2,1-4H3. The van der Waals surface area contributed by atoms with Crippen LogP contribution in [0.2, 0.25) is 0 Å². The lowest BCUT2D eigenvalue weighted by Crippen LogP contribution is -2.36. The van der Waals surface area contributed by atoms with Crippen molar-refractivity contribution in [3.05, 3.63) is 76.9 Å². The zero-order valence-electron chi connectivity index (χ0n) is 22.3. The van der Waals surface area contributed by atoms with Crippen molar-refractivity contribution < 1.29 is 13.9 Å². The molecule has 0 atom stereocenters. The molecule has 37 heavy (non-hydrogen) atoms. The number of ether oxygens (including phenoxy) is 1. The van der Waals surface area contributed by atoms with E-state index in [0.29, 0.717) is 37.7 Å². The Morgan fingerprint density at radius 2 is 1.86 bits per heavy atom. The highest BCUT2D eigenvalue weighted by molar-refractivity contribution is 5.77. The van der Waals surface area contributed by atoms with E-state index in [9.17, 15) is 9.18 Å². The maximum absolute atomic E-state index is 14.4. The molecule has 6 nitrogen and oxygen atoms in total. The van der Waals surface area contributed by atoms with Gasteiger partial charge in [0.25, 0.3) is 0 Å². The quantitative estimate of drug-likeness (QED) is 0.406. The molecule has 3 aromatic rings. The summed E-state index contributed by atoms with van der Waals surface area (Å²) in [6.45, 7) is 8.83. The lowest BCUT2D eigenvalue weighted by molar-refractivity contribution is -0.134. The molecule has 1 aliphatic carbocycles. The predicted octanol–water partition coefficient (Wildman–Crippen LogP) is 5.51. The fourth-order valence-electron chi connectivity index (χ4n) is 5.20. The maximum atomic E-state index is 14.4. The van der Waals surface area contributed by atoms with E-state index in [1.165, 1.54) is 6.07 Å². The molecule has 1 aromatic heterocycles. The number of hydrogen-bond acceptors (Lipinski definition) is 4. The van der Waals surface area contributed by atoms with Crippen LogP contribution in [0.15, 0.2) is 48.5 Å². The van der Waals surface area contributed by atoms with Gasteiger partial charge in [-0.2, -0.15) is 5.10 Å². The highest BCUT2D eigenvalue weighted by Gasteiger charge is 2.36. The zero-order valence-corrected chi connectivity index (χ0v) is 22.3. The van der Waals surface area contributed by atoms with Crippen LogP contribution in [-0.2, 0) is 30.8 Å². The van der Waals surface area contributed by atoms with E-state index in [4.69, 9.17) is 9.84 Å². The van der Waals surface area contributed by atoms with E-state index in [0.717, 1.165) is 54.2 Å². The Morgan fingerprint density at radius 3 is 2.57 bits per heavy atom. The number of benzene rings is 2. The Balaban J connectivity index is 1.50. The summed E-state index contributed by atoms with van der Waals surface area (Å²) in [5.41, 5.74) is 4.73. The Kier molecular flexibility index (Phi) is 7.08. The number of methoxy groups -OCH3 is 1. The molecule has 1 saturated carbocycles. The first kappa shape index (κ1) is 25.5. The summed E-state index contributed by atoms with van der Waals surface area (Å²) < 4.78 is 22.1. The van der Waals surface area contributed by atoms with Gasteiger partial charge in [0.05, 0.1) is 25.0 Å². The Hall–Kier alpha value is -3.19. The van der Waals surface area contributed by atoms with Gasteiger partial charge in [0.1, 0.15) is 17.3 Å². The van der Waals surface area contributed by atoms with Gasteiger partial charge in [0, 0.05) is 49.6 Å². The van der Waals surface area contributed by atoms with Crippen molar-refractivity contribution in [2.75, 3.05) is 13.7 Å². The molecule has 1 fully saturated rings. The minimum absolute atomic E-state index is 0.0724. The molecule has 0 spiro atoms. The third-order valence-corrected chi connectivity index (χ3v) is 7.19. The summed E-state index contributed by atoms with van der Waals surface area (Å²) in [5.74, 6) is 0.775. The van der Waals surface area contributed by atoms with Crippen LogP contribution in [-0.4, -0.2) is 45.2 Å². The highest BCUT2D eigenvalue weighted by atomic mass is 19.1. The normalized spacial score (nSPS) is 15.9. The molecule has 196 valence electrons. The van der Waals surface area contributed by atoms with Gasteiger partial charge in [-0.15, -0.1) is 0 Å². The van der Waals surface area contributed by atoms with E-state index < -0.39 is 0 Å². The summed E-state index contributed by atoms with van der Waals surface area (Å²) in [7, 11) is 1.67. The number of fused-ring (bicyclic) bond motifs is 1. The molecule has 0 saturated heterocycles. The van der Waals surface area contributed by atoms with Gasteiger partial charge in [0.2, 0.25) is 5.91 Å². The first-order chi connectivity index (χ1) is 17.7. The number of hydrogen-bond donors (Lipinski definition) is 0. The summed E-state index contributed by atoms with van der Waals surface area (Å²) in [6, 6.07) is 15.2. The molecule has 1 aliphatic heterocycles. The fourth-order valence-corrected chi connectivity index (χ4v) is 5.20. The van der Waals surface area contributed by atoms with E-state index in [2.05, 4.69) is 25.7 Å². The van der Waals surface area contributed by atoms with Crippen LogP contribution >= 0.6 is 0 Å². The number of nitrogens with zero attached hydrogens (tertiary/aromatic N) is 4. The van der Waals surface area contributed by atoms with Gasteiger partial charge in [0.15, 0.2) is 0 Å². The van der Waals surface area contributed by atoms with Crippen molar-refractivity contribution in [1.29, 1.82) is 0 Å². The van der Waals surface area contributed by atoms with Crippen molar-refractivity contribution in [3.8, 4) is 11.4 Å². The first-order valence-electron chi connectivity index (χ1n) is 13.2. The second-order valence-corrected chi connectivity index (χ2v) is 11.5. The van der Waals surface area contributed by atoms with Gasteiger partial charge in [-0.05, 0) is 36.5 Å². The predicted molar refractivity (Wildman–Crippen MR) is 142 cm³/mol. The lowest BCUT2D eigenvalue weighted by Gasteiger charge is -2.29. The van der Waals surface area contributed by atoms with E-state index in [-0.39, 0.29) is 17.1 Å². The molecule has 0 radical (unpaired) electrons. The monoisotopic (exact) mass is 504 g/mol. The van der Waals surface area contributed by atoms with Crippen LogP contribution in [0.25, 0.3) is 5.69 Å². The molecule has 5 rings (SSSR count). The van der Waals surface area contributed by atoms with Crippen LogP contribution in [0.3, 0.4) is 0 Å². The van der Waals surface area contributed by atoms with Crippen LogP contribution in [0.4, 0.5) is 4.39 Å². The second kappa shape index (κ2) is 10.3. The number of carbonyl (C=O) groups is 1. The van der Waals surface area contributed by atoms with Crippen molar-refractivity contribution in [3.63, 3.8) is 0 Å². The molecule has 0 N–H and O–H groups in total. The molecular weight excluding hydrogens is 467 g/mol. The van der Waals surface area contributed by atoms with Crippen LogP contribution in [0.5, 0.6) is 5.75 Å². The van der Waals surface area contributed by atoms with Crippen molar-refractivity contribution in [1.82, 2.24) is 19.6 Å². The van der Waals surface area contributed by atoms with Gasteiger partial charge in [-0.3, -0.25) is 9.69 Å². The van der Waals surface area contributed by atoms with Crippen LogP contribution in [0, 0.1) is 11.2 Å². The molecule has 0 unspecified atom stereocenters. The SMILES string of the molecule is COc1ccccc1-n1nc(CN(C(=O)CC(C)(C)C)C2CC2)c2c1CCN(Cc1ccccc1F)C2. The summed E-state index contributed by atoms with van der Waals surface area (Å²) in [6.07, 6.45) is 3.39. The molecule has 1 amide bonds. The van der Waals surface area contributed by atoms with Crippen molar-refractivity contribution in [2.45, 2.75) is 72.1 Å². The topological polar surface area (TPSA) is 50.6 Å². The van der Waals surface area contributed by atoms with Crippen molar-refractivity contribution in [2.24, 2.45) is 5.41 Å². The third kappa shape index (κ3) is 5.72. The third-order valence-electron chi connectivity index (χ3n) is 7.19. The Labute approximate surface area is 219 Å². The molecule has 2 aromatic carbocycles. The highest BCUT2D eigenvalue weighted by Crippen LogP contribution is 2.35. The number of amides is 1. The second-order valence-electron chi connectivity index (χ2n) is 11.5. The van der Waals surface area contributed by atoms with Gasteiger partial charge in [-0.1, -0.05) is 51.1 Å². The summed E-state index contributed by atoms with van der Waals surface area (Å²) in [4.78, 5) is 17.7. The average molecular weight is 505 g/mol. The smallest absolute Gasteiger partial charge is 0.223 e. The van der Waals surface area contributed by atoms with Crippen molar-refractivity contribution >= 4 is 5.91 Å². The van der Waals surface area contributed by atoms with E-state index >= 15 is 0 Å². The zero-order chi connectivity index (χ0) is 26.2. The minimum atomic E-state index is -0.175. The fraction of sp³-hybridized carbons (Fsp3) is 0.467. The number of rotatable bonds is 8. The maximum Gasteiger partial charge on any atom is 0.223 e. The van der Waals surface area contributed by atoms with E-state index in [1.54, 1.807) is 13.2 Å². The minimum Gasteiger partial charge on any atom is -0.494 e. The van der Waals surface area contributed by atoms with Gasteiger partial charge >= 0.3 is 0 Å². The summed E-state index contributed by atoms with van der Waals surface area (Å²) >= 11 is 0.